The largest absolute Gasteiger partial charge is 0.300 e. The Labute approximate surface area is 146 Å². The van der Waals surface area contributed by atoms with Gasteiger partial charge in [-0.2, -0.15) is 0 Å². The van der Waals surface area contributed by atoms with E-state index in [2.05, 4.69) is 22.4 Å². The molecule has 8 heteroatoms. The van der Waals surface area contributed by atoms with Crippen LogP contribution in [-0.2, 0) is 4.79 Å². The third-order valence-electron chi connectivity index (χ3n) is 3.34. The van der Waals surface area contributed by atoms with Crippen molar-refractivity contribution in [1.29, 1.82) is 0 Å². The Bertz CT molecular complexity index is 687. The van der Waals surface area contributed by atoms with Gasteiger partial charge in [0.15, 0.2) is 4.34 Å². The van der Waals surface area contributed by atoms with Crippen molar-refractivity contribution in [1.82, 2.24) is 10.2 Å². The van der Waals surface area contributed by atoms with Gasteiger partial charge in [0.05, 0.1) is 0 Å². The van der Waals surface area contributed by atoms with Crippen LogP contribution >= 0.6 is 46.3 Å². The number of benzene rings is 1. The Hall–Kier alpha value is -0.820. The summed E-state index contributed by atoms with van der Waals surface area (Å²) < 4.78 is 0.867. The minimum atomic E-state index is -0.0549. The van der Waals surface area contributed by atoms with Gasteiger partial charge in [0, 0.05) is 16.0 Å². The van der Waals surface area contributed by atoms with E-state index >= 15 is 0 Å². The lowest BCUT2D eigenvalue weighted by Gasteiger charge is -2.03. The Kier molecular flexibility index (Phi) is 4.92. The molecule has 0 spiro atoms. The molecule has 1 aromatic heterocycles. The predicted molar refractivity (Wildman–Crippen MR) is 92.2 cm³/mol. The number of carbonyl (C=O) groups is 1. The predicted octanol–water partition coefficient (Wildman–Crippen LogP) is 4.70. The minimum Gasteiger partial charge on any atom is -0.300 e. The van der Waals surface area contributed by atoms with Gasteiger partial charge in [-0.25, -0.2) is 0 Å². The van der Waals surface area contributed by atoms with Gasteiger partial charge in [-0.1, -0.05) is 53.2 Å². The lowest BCUT2D eigenvalue weighted by Crippen LogP contribution is -2.14. The van der Waals surface area contributed by atoms with Crippen LogP contribution in [0.3, 0.4) is 0 Å². The normalized spacial score (nSPS) is 20.0. The smallest absolute Gasteiger partial charge is 0.229 e. The van der Waals surface area contributed by atoms with E-state index in [-0.39, 0.29) is 17.7 Å². The maximum Gasteiger partial charge on any atom is 0.229 e. The first-order valence-electron chi connectivity index (χ1n) is 6.80. The molecule has 1 heterocycles. The summed E-state index contributed by atoms with van der Waals surface area (Å²) in [4.78, 5) is 12.3. The zero-order chi connectivity index (χ0) is 15.7. The molecule has 0 aliphatic heterocycles. The molecule has 3 rings (SSSR count). The second-order valence-electron chi connectivity index (χ2n) is 4.95. The highest BCUT2D eigenvalue weighted by molar-refractivity contribution is 8.01. The van der Waals surface area contributed by atoms with Gasteiger partial charge in [-0.15, -0.1) is 10.2 Å². The third kappa shape index (κ3) is 3.74. The fourth-order valence-corrected chi connectivity index (χ4v) is 4.48. The van der Waals surface area contributed by atoms with E-state index in [1.165, 1.54) is 11.3 Å². The van der Waals surface area contributed by atoms with Crippen LogP contribution in [0.4, 0.5) is 5.13 Å². The Balaban J connectivity index is 1.62. The molecule has 1 N–H and O–H groups in total. The van der Waals surface area contributed by atoms with Crippen molar-refractivity contribution >= 4 is 57.3 Å². The van der Waals surface area contributed by atoms with E-state index in [0.717, 1.165) is 22.1 Å². The van der Waals surface area contributed by atoms with E-state index in [1.54, 1.807) is 17.8 Å². The lowest BCUT2D eigenvalue weighted by atomic mass is 10.1. The van der Waals surface area contributed by atoms with Crippen LogP contribution in [0.25, 0.3) is 0 Å². The topological polar surface area (TPSA) is 54.9 Å². The fraction of sp³-hybridized carbons (Fsp3) is 0.357. The van der Waals surface area contributed by atoms with Crippen LogP contribution in [0.1, 0.15) is 24.8 Å². The van der Waals surface area contributed by atoms with E-state index < -0.39 is 0 Å². The quantitative estimate of drug-likeness (QED) is 0.609. The average molecular weight is 374 g/mol. The molecule has 1 saturated carbocycles. The van der Waals surface area contributed by atoms with Gasteiger partial charge in [-0.05, 0) is 41.9 Å². The van der Waals surface area contributed by atoms with Crippen LogP contribution in [0.2, 0.25) is 10.0 Å². The van der Waals surface area contributed by atoms with Crippen molar-refractivity contribution in [3.8, 4) is 0 Å². The molecule has 1 aliphatic carbocycles. The van der Waals surface area contributed by atoms with Gasteiger partial charge in [0.1, 0.15) is 0 Å². The molecule has 0 radical (unpaired) electrons. The van der Waals surface area contributed by atoms with E-state index in [9.17, 15) is 4.79 Å². The molecule has 0 saturated heterocycles. The fourth-order valence-electron chi connectivity index (χ4n) is 2.28. The number of hydrogen-bond acceptors (Lipinski definition) is 5. The Morgan fingerprint density at radius 2 is 2.09 bits per heavy atom. The first-order chi connectivity index (χ1) is 10.6. The third-order valence-corrected chi connectivity index (χ3v) is 5.64. The van der Waals surface area contributed by atoms with Gasteiger partial charge in [0.2, 0.25) is 11.0 Å². The number of hydrogen-bond donors (Lipinski definition) is 1. The zero-order valence-electron chi connectivity index (χ0n) is 11.7. The van der Waals surface area contributed by atoms with Crippen LogP contribution in [0.5, 0.6) is 0 Å². The van der Waals surface area contributed by atoms with Crippen molar-refractivity contribution in [2.45, 2.75) is 23.6 Å². The second kappa shape index (κ2) is 6.74. The van der Waals surface area contributed by atoms with Crippen LogP contribution in [0, 0.1) is 5.92 Å². The molecule has 0 bridgehead atoms. The van der Waals surface area contributed by atoms with E-state index in [4.69, 9.17) is 23.2 Å². The number of halogens is 2. The summed E-state index contributed by atoms with van der Waals surface area (Å²) in [5.74, 6) is 1.03. The van der Waals surface area contributed by atoms with Crippen LogP contribution < -0.4 is 5.32 Å². The summed E-state index contributed by atoms with van der Waals surface area (Å²) >= 11 is 15.0. The first-order valence-corrected chi connectivity index (χ1v) is 9.35. The summed E-state index contributed by atoms with van der Waals surface area (Å²) in [6.45, 7) is 2.05. The number of rotatable bonds is 5. The molecule has 1 amide bonds. The SMILES string of the molecule is CCSc1nnc(NC(=O)C2CC2c2cc(Cl)cc(Cl)c2)s1. The molecule has 22 heavy (non-hydrogen) atoms. The number of nitrogens with one attached hydrogen (secondary N) is 1. The summed E-state index contributed by atoms with van der Waals surface area (Å²) in [6.07, 6.45) is 0.803. The average Bonchev–Trinajstić information content (AvgIpc) is 3.14. The lowest BCUT2D eigenvalue weighted by molar-refractivity contribution is -0.117. The number of amides is 1. The Morgan fingerprint density at radius 1 is 1.36 bits per heavy atom. The van der Waals surface area contributed by atoms with Gasteiger partial charge < -0.3 is 5.32 Å². The molecule has 4 nitrogen and oxygen atoms in total. The standard InChI is InChI=1S/C14H13Cl2N3OS2/c1-2-21-14-19-18-13(22-14)17-12(20)11-6-10(11)7-3-8(15)5-9(16)4-7/h3-5,10-11H,2,6H2,1H3,(H,17,18,20). The highest BCUT2D eigenvalue weighted by atomic mass is 35.5. The number of aromatic nitrogens is 2. The highest BCUT2D eigenvalue weighted by Crippen LogP contribution is 2.49. The van der Waals surface area contributed by atoms with Crippen molar-refractivity contribution in [2.24, 2.45) is 5.92 Å². The van der Waals surface area contributed by atoms with Gasteiger partial charge in [0.25, 0.3) is 0 Å². The summed E-state index contributed by atoms with van der Waals surface area (Å²) in [5, 5.41) is 12.6. The summed E-state index contributed by atoms with van der Waals surface area (Å²) in [7, 11) is 0. The molecule has 2 aromatic rings. The first kappa shape index (κ1) is 16.1. The Morgan fingerprint density at radius 3 is 2.77 bits per heavy atom. The number of carbonyl (C=O) groups excluding carboxylic acids is 1. The maximum atomic E-state index is 12.3. The minimum absolute atomic E-state index is 0.0229. The van der Waals surface area contributed by atoms with Crippen molar-refractivity contribution in [3.63, 3.8) is 0 Å². The van der Waals surface area contributed by atoms with Crippen molar-refractivity contribution < 1.29 is 4.79 Å². The van der Waals surface area contributed by atoms with Crippen LogP contribution in [-0.4, -0.2) is 21.9 Å². The van der Waals surface area contributed by atoms with Crippen molar-refractivity contribution in [2.75, 3.05) is 11.1 Å². The van der Waals surface area contributed by atoms with Gasteiger partial charge >= 0.3 is 0 Å². The maximum absolute atomic E-state index is 12.3. The zero-order valence-corrected chi connectivity index (χ0v) is 14.8. The van der Waals surface area contributed by atoms with Gasteiger partial charge in [-0.3, -0.25) is 4.79 Å². The molecule has 1 aliphatic rings. The summed E-state index contributed by atoms with van der Waals surface area (Å²) in [5.41, 5.74) is 1.01. The van der Waals surface area contributed by atoms with E-state index in [1.807, 2.05) is 12.1 Å². The highest BCUT2D eigenvalue weighted by Gasteiger charge is 2.44. The van der Waals surface area contributed by atoms with Crippen LogP contribution in [0.15, 0.2) is 22.5 Å². The molecule has 2 atom stereocenters. The number of thioether (sulfide) groups is 1. The second-order valence-corrected chi connectivity index (χ2v) is 8.31. The van der Waals surface area contributed by atoms with E-state index in [0.29, 0.717) is 15.2 Å². The molecule has 116 valence electrons. The van der Waals surface area contributed by atoms with Crippen molar-refractivity contribution in [3.05, 3.63) is 33.8 Å². The summed E-state index contributed by atoms with van der Waals surface area (Å²) in [6, 6.07) is 5.43. The monoisotopic (exact) mass is 373 g/mol. The number of nitrogens with zero attached hydrogens (tertiary/aromatic N) is 2. The molecule has 2 unspecified atom stereocenters. The number of anilines is 1. The molecule has 1 aromatic carbocycles. The molecular formula is C14H13Cl2N3OS2. The molecular weight excluding hydrogens is 361 g/mol. The molecule has 1 fully saturated rings.